The Morgan fingerprint density at radius 2 is 2.19 bits per heavy atom. The molecule has 0 bridgehead atoms. The van der Waals surface area contributed by atoms with Gasteiger partial charge in [-0.25, -0.2) is 4.79 Å². The number of aliphatic hydroxyl groups excluding tert-OH is 1. The van der Waals surface area contributed by atoms with Crippen molar-refractivity contribution in [1.82, 2.24) is 0 Å². The van der Waals surface area contributed by atoms with Gasteiger partial charge in [0, 0.05) is 12.0 Å². The van der Waals surface area contributed by atoms with Crippen LogP contribution in [0.15, 0.2) is 12.2 Å². The van der Waals surface area contributed by atoms with Crippen molar-refractivity contribution in [1.29, 1.82) is 0 Å². The lowest BCUT2D eigenvalue weighted by Crippen LogP contribution is -2.25. The smallest absolute Gasteiger partial charge is 0.330 e. The number of esters is 2. The Labute approximate surface area is 99.0 Å². The molecule has 6 heteroatoms. The van der Waals surface area contributed by atoms with Crippen LogP contribution in [-0.2, 0) is 19.1 Å². The Kier molecular flexibility index (Phi) is 8.56. The standard InChI is InChI=1S/C10H15ClO5/c1-2-15-10(14)6-8(7-12)16-9(13)4-3-5-11/h3-4,8,12H,2,5-7H2,1H3/b4-3+/t8-/m0/s1. The van der Waals surface area contributed by atoms with Crippen molar-refractivity contribution >= 4 is 23.5 Å². The minimum absolute atomic E-state index is 0.162. The van der Waals surface area contributed by atoms with Gasteiger partial charge in [-0.1, -0.05) is 6.08 Å². The summed E-state index contributed by atoms with van der Waals surface area (Å²) in [5, 5.41) is 8.88. The molecule has 0 aromatic carbocycles. The summed E-state index contributed by atoms with van der Waals surface area (Å²) in [5.74, 6) is -0.976. The van der Waals surface area contributed by atoms with Gasteiger partial charge in [-0.05, 0) is 6.92 Å². The third-order valence-corrected chi connectivity index (χ3v) is 1.71. The quantitative estimate of drug-likeness (QED) is 0.408. The second kappa shape index (κ2) is 9.18. The summed E-state index contributed by atoms with van der Waals surface area (Å²) in [6.07, 6.45) is 1.50. The molecule has 1 N–H and O–H groups in total. The van der Waals surface area contributed by atoms with Gasteiger partial charge in [0.2, 0.25) is 0 Å². The molecule has 0 aliphatic carbocycles. The summed E-state index contributed by atoms with van der Waals surface area (Å²) in [6.45, 7) is 1.48. The first-order valence-electron chi connectivity index (χ1n) is 4.83. The molecule has 0 aliphatic rings. The van der Waals surface area contributed by atoms with Crippen molar-refractivity contribution in [3.63, 3.8) is 0 Å². The Hall–Kier alpha value is -1.07. The third-order valence-electron chi connectivity index (χ3n) is 1.53. The van der Waals surface area contributed by atoms with Crippen LogP contribution < -0.4 is 0 Å². The number of alkyl halides is 1. The Balaban J connectivity index is 4.04. The number of allylic oxidation sites excluding steroid dienone is 1. The van der Waals surface area contributed by atoms with E-state index in [2.05, 4.69) is 4.74 Å². The minimum Gasteiger partial charge on any atom is -0.466 e. The van der Waals surface area contributed by atoms with Gasteiger partial charge < -0.3 is 14.6 Å². The molecule has 1 atom stereocenters. The van der Waals surface area contributed by atoms with Crippen molar-refractivity contribution in [2.45, 2.75) is 19.4 Å². The van der Waals surface area contributed by atoms with Gasteiger partial charge in [0.1, 0.15) is 6.10 Å². The van der Waals surface area contributed by atoms with Crippen molar-refractivity contribution in [2.24, 2.45) is 0 Å². The number of ether oxygens (including phenoxy) is 2. The lowest BCUT2D eigenvalue weighted by Gasteiger charge is -2.13. The average Bonchev–Trinajstić information content (AvgIpc) is 2.25. The van der Waals surface area contributed by atoms with E-state index in [1.165, 1.54) is 6.08 Å². The third kappa shape index (κ3) is 7.25. The fourth-order valence-electron chi connectivity index (χ4n) is 0.894. The van der Waals surface area contributed by atoms with Crippen LogP contribution >= 0.6 is 11.6 Å². The van der Waals surface area contributed by atoms with Gasteiger partial charge in [-0.2, -0.15) is 0 Å². The van der Waals surface area contributed by atoms with Gasteiger partial charge in [-0.15, -0.1) is 11.6 Å². The van der Waals surface area contributed by atoms with Crippen LogP contribution in [0.4, 0.5) is 0 Å². The zero-order chi connectivity index (χ0) is 12.4. The molecule has 0 rings (SSSR count). The van der Waals surface area contributed by atoms with Crippen molar-refractivity contribution in [3.8, 4) is 0 Å². The SMILES string of the molecule is CCOC(=O)C[C@@H](CO)OC(=O)/C=C/CCl. The highest BCUT2D eigenvalue weighted by molar-refractivity contribution is 6.19. The Bertz CT molecular complexity index is 252. The van der Waals surface area contributed by atoms with Crippen LogP contribution in [0.2, 0.25) is 0 Å². The number of carbonyl (C=O) groups is 2. The fraction of sp³-hybridized carbons (Fsp3) is 0.600. The normalized spacial score (nSPS) is 12.4. The molecule has 0 unspecified atom stereocenters. The Morgan fingerprint density at radius 1 is 1.50 bits per heavy atom. The van der Waals surface area contributed by atoms with Crippen LogP contribution in [0.1, 0.15) is 13.3 Å². The molecule has 0 radical (unpaired) electrons. The van der Waals surface area contributed by atoms with E-state index in [0.717, 1.165) is 6.08 Å². The zero-order valence-corrected chi connectivity index (χ0v) is 9.77. The first-order chi connectivity index (χ1) is 7.63. The Morgan fingerprint density at radius 3 is 2.69 bits per heavy atom. The van der Waals surface area contributed by atoms with Crippen LogP contribution in [-0.4, -0.2) is 42.2 Å². The lowest BCUT2D eigenvalue weighted by atomic mass is 10.2. The second-order valence-corrected chi connectivity index (χ2v) is 3.12. The highest BCUT2D eigenvalue weighted by atomic mass is 35.5. The van der Waals surface area contributed by atoms with E-state index in [-0.39, 0.29) is 18.9 Å². The number of hydrogen-bond acceptors (Lipinski definition) is 5. The van der Waals surface area contributed by atoms with Gasteiger partial charge in [-0.3, -0.25) is 4.79 Å². The summed E-state index contributed by atoms with van der Waals surface area (Å²) in [4.78, 5) is 22.1. The topological polar surface area (TPSA) is 72.8 Å². The van der Waals surface area contributed by atoms with E-state index in [4.69, 9.17) is 21.4 Å². The lowest BCUT2D eigenvalue weighted by molar-refractivity contribution is -0.153. The first-order valence-corrected chi connectivity index (χ1v) is 5.37. The highest BCUT2D eigenvalue weighted by Gasteiger charge is 2.17. The summed E-state index contributed by atoms with van der Waals surface area (Å²) in [5.41, 5.74) is 0. The monoisotopic (exact) mass is 250 g/mol. The molecule has 0 saturated carbocycles. The molecule has 0 heterocycles. The maximum atomic E-state index is 11.1. The van der Waals surface area contributed by atoms with E-state index in [1.807, 2.05) is 0 Å². The van der Waals surface area contributed by atoms with Crippen molar-refractivity contribution in [3.05, 3.63) is 12.2 Å². The fourth-order valence-corrected chi connectivity index (χ4v) is 0.983. The predicted octanol–water partition coefficient (Wildman–Crippen LogP) is 0.639. The molecular weight excluding hydrogens is 236 g/mol. The van der Waals surface area contributed by atoms with Crippen LogP contribution in [0, 0.1) is 0 Å². The maximum absolute atomic E-state index is 11.1. The summed E-state index contributed by atoms with van der Waals surface area (Å²) >= 11 is 5.32. The predicted molar refractivity (Wildman–Crippen MR) is 58.1 cm³/mol. The molecular formula is C10H15ClO5. The number of rotatable bonds is 7. The highest BCUT2D eigenvalue weighted by Crippen LogP contribution is 2.01. The maximum Gasteiger partial charge on any atom is 0.330 e. The molecule has 0 saturated heterocycles. The van der Waals surface area contributed by atoms with E-state index < -0.39 is 24.6 Å². The van der Waals surface area contributed by atoms with Gasteiger partial charge >= 0.3 is 11.9 Å². The van der Waals surface area contributed by atoms with Gasteiger partial charge in [0.05, 0.1) is 19.6 Å². The number of aliphatic hydroxyl groups is 1. The van der Waals surface area contributed by atoms with E-state index in [9.17, 15) is 9.59 Å². The largest absolute Gasteiger partial charge is 0.466 e. The number of hydrogen-bond donors (Lipinski definition) is 1. The molecule has 0 amide bonds. The molecule has 0 aromatic heterocycles. The van der Waals surface area contributed by atoms with Crippen LogP contribution in [0.5, 0.6) is 0 Å². The summed E-state index contributed by atoms with van der Waals surface area (Å²) < 4.78 is 9.44. The first kappa shape index (κ1) is 14.9. The zero-order valence-electron chi connectivity index (χ0n) is 9.02. The second-order valence-electron chi connectivity index (χ2n) is 2.81. The van der Waals surface area contributed by atoms with E-state index in [1.54, 1.807) is 6.92 Å². The number of carbonyl (C=O) groups excluding carboxylic acids is 2. The molecule has 0 aromatic rings. The molecule has 5 nitrogen and oxygen atoms in total. The van der Waals surface area contributed by atoms with Crippen molar-refractivity contribution in [2.75, 3.05) is 19.1 Å². The molecule has 92 valence electrons. The summed E-state index contributed by atoms with van der Waals surface area (Å²) in [7, 11) is 0. The molecule has 0 fully saturated rings. The number of halogens is 1. The van der Waals surface area contributed by atoms with Gasteiger partial charge in [0.15, 0.2) is 0 Å². The minimum atomic E-state index is -0.883. The van der Waals surface area contributed by atoms with Crippen LogP contribution in [0.3, 0.4) is 0 Å². The van der Waals surface area contributed by atoms with Crippen molar-refractivity contribution < 1.29 is 24.2 Å². The molecule has 16 heavy (non-hydrogen) atoms. The van der Waals surface area contributed by atoms with Crippen LogP contribution in [0.25, 0.3) is 0 Å². The molecule has 0 spiro atoms. The van der Waals surface area contributed by atoms with Gasteiger partial charge in [0.25, 0.3) is 0 Å². The summed E-state index contributed by atoms with van der Waals surface area (Å²) in [6, 6.07) is 0. The van der Waals surface area contributed by atoms with E-state index >= 15 is 0 Å². The molecule has 0 aliphatic heterocycles. The average molecular weight is 251 g/mol. The van der Waals surface area contributed by atoms with E-state index in [0.29, 0.717) is 0 Å².